The molecule has 13 heavy (non-hydrogen) atoms. The number of rotatable bonds is 3. The van der Waals surface area contributed by atoms with Crippen LogP contribution in [0.1, 0.15) is 18.9 Å². The maximum atomic E-state index is 5.94. The van der Waals surface area contributed by atoms with Crippen molar-refractivity contribution in [1.29, 1.82) is 0 Å². The molecule has 0 N–H and O–H groups in total. The molecule has 0 aromatic heterocycles. The summed E-state index contributed by atoms with van der Waals surface area (Å²) >= 11 is 5.94. The van der Waals surface area contributed by atoms with Gasteiger partial charge in [0.15, 0.2) is 0 Å². The number of nitrogens with zero attached hydrogens (tertiary/aromatic N) is 1. The lowest BCUT2D eigenvalue weighted by Crippen LogP contribution is -2.11. The molecule has 1 aromatic rings. The summed E-state index contributed by atoms with van der Waals surface area (Å²) in [7, 11) is 4.12. The molecule has 0 aliphatic heterocycles. The number of aryl methyl sites for hydroxylation is 1. The molecular formula is C11H16ClN. The van der Waals surface area contributed by atoms with Crippen LogP contribution in [0.25, 0.3) is 0 Å². The molecule has 0 atom stereocenters. The predicted octanol–water partition coefficient (Wildman–Crippen LogP) is 3.36. The molecule has 1 aromatic carbocycles. The first kappa shape index (κ1) is 10.4. The smallest absolute Gasteiger partial charge is 0.0410 e. The Kier molecular flexibility index (Phi) is 3.61. The molecule has 1 nitrogen and oxygen atoms in total. The quantitative estimate of drug-likeness (QED) is 0.719. The van der Waals surface area contributed by atoms with Crippen molar-refractivity contribution in [3.05, 3.63) is 28.8 Å². The van der Waals surface area contributed by atoms with E-state index in [9.17, 15) is 0 Å². The topological polar surface area (TPSA) is 3.24 Å². The molecule has 0 fully saturated rings. The zero-order valence-corrected chi connectivity index (χ0v) is 9.23. The van der Waals surface area contributed by atoms with Crippen LogP contribution < -0.4 is 4.90 Å². The predicted molar refractivity (Wildman–Crippen MR) is 59.8 cm³/mol. The zero-order chi connectivity index (χ0) is 9.84. The lowest BCUT2D eigenvalue weighted by atomic mass is 10.1. The van der Waals surface area contributed by atoms with Crippen LogP contribution in [0.4, 0.5) is 5.69 Å². The molecule has 0 saturated carbocycles. The van der Waals surface area contributed by atoms with E-state index in [1.54, 1.807) is 0 Å². The van der Waals surface area contributed by atoms with Crippen molar-refractivity contribution in [3.8, 4) is 0 Å². The summed E-state index contributed by atoms with van der Waals surface area (Å²) in [4.78, 5) is 2.13. The normalized spacial score (nSPS) is 10.2. The fourth-order valence-corrected chi connectivity index (χ4v) is 1.65. The van der Waals surface area contributed by atoms with Gasteiger partial charge in [-0.05, 0) is 30.2 Å². The summed E-state index contributed by atoms with van der Waals surface area (Å²) in [5.74, 6) is 0. The van der Waals surface area contributed by atoms with Crippen molar-refractivity contribution in [2.75, 3.05) is 19.0 Å². The van der Waals surface area contributed by atoms with Crippen molar-refractivity contribution in [3.63, 3.8) is 0 Å². The molecule has 1 rings (SSSR count). The largest absolute Gasteiger partial charge is 0.377 e. The molecular weight excluding hydrogens is 182 g/mol. The highest BCUT2D eigenvalue weighted by Crippen LogP contribution is 2.23. The van der Waals surface area contributed by atoms with Gasteiger partial charge in [0, 0.05) is 24.8 Å². The van der Waals surface area contributed by atoms with Gasteiger partial charge in [-0.3, -0.25) is 0 Å². The molecule has 0 heterocycles. The number of benzene rings is 1. The van der Waals surface area contributed by atoms with Gasteiger partial charge in [0.1, 0.15) is 0 Å². The van der Waals surface area contributed by atoms with E-state index in [-0.39, 0.29) is 0 Å². The third kappa shape index (κ3) is 2.63. The van der Waals surface area contributed by atoms with Crippen LogP contribution in [0.3, 0.4) is 0 Å². The maximum absolute atomic E-state index is 5.94. The Morgan fingerprint density at radius 1 is 1.31 bits per heavy atom. The van der Waals surface area contributed by atoms with E-state index in [2.05, 4.69) is 38.1 Å². The summed E-state index contributed by atoms with van der Waals surface area (Å²) in [5, 5.41) is 0.828. The van der Waals surface area contributed by atoms with Crippen LogP contribution in [0, 0.1) is 0 Å². The fraction of sp³-hybridized carbons (Fsp3) is 0.455. The number of halogens is 1. The highest BCUT2D eigenvalue weighted by Gasteiger charge is 2.03. The summed E-state index contributed by atoms with van der Waals surface area (Å²) in [6.45, 7) is 2.18. The average molecular weight is 198 g/mol. The minimum atomic E-state index is 0.828. The van der Waals surface area contributed by atoms with Crippen LogP contribution in [-0.2, 0) is 6.42 Å². The SMILES string of the molecule is CCCc1cc(Cl)ccc1N(C)C. The van der Waals surface area contributed by atoms with E-state index < -0.39 is 0 Å². The summed E-state index contributed by atoms with van der Waals surface area (Å²) < 4.78 is 0. The Morgan fingerprint density at radius 3 is 2.54 bits per heavy atom. The van der Waals surface area contributed by atoms with E-state index in [0.29, 0.717) is 0 Å². The zero-order valence-electron chi connectivity index (χ0n) is 8.47. The Morgan fingerprint density at radius 2 is 2.00 bits per heavy atom. The first-order valence-corrected chi connectivity index (χ1v) is 4.98. The van der Waals surface area contributed by atoms with Gasteiger partial charge >= 0.3 is 0 Å². The lowest BCUT2D eigenvalue weighted by Gasteiger charge is -2.17. The van der Waals surface area contributed by atoms with Crippen LogP contribution >= 0.6 is 11.6 Å². The van der Waals surface area contributed by atoms with Gasteiger partial charge in [-0.25, -0.2) is 0 Å². The fourth-order valence-electron chi connectivity index (χ4n) is 1.46. The molecule has 0 radical (unpaired) electrons. The molecule has 0 spiro atoms. The Hall–Kier alpha value is -0.690. The van der Waals surface area contributed by atoms with Crippen LogP contribution in [-0.4, -0.2) is 14.1 Å². The van der Waals surface area contributed by atoms with Crippen molar-refractivity contribution >= 4 is 17.3 Å². The highest BCUT2D eigenvalue weighted by molar-refractivity contribution is 6.30. The van der Waals surface area contributed by atoms with Gasteiger partial charge in [0.05, 0.1) is 0 Å². The Labute approximate surface area is 85.3 Å². The second-order valence-electron chi connectivity index (χ2n) is 3.42. The number of anilines is 1. The van der Waals surface area contributed by atoms with Crippen molar-refractivity contribution in [1.82, 2.24) is 0 Å². The van der Waals surface area contributed by atoms with Gasteiger partial charge in [-0.15, -0.1) is 0 Å². The molecule has 0 aliphatic rings. The lowest BCUT2D eigenvalue weighted by molar-refractivity contribution is 0.912. The van der Waals surface area contributed by atoms with Gasteiger partial charge in [-0.1, -0.05) is 24.9 Å². The summed E-state index contributed by atoms with van der Waals surface area (Å²) in [6.07, 6.45) is 2.25. The van der Waals surface area contributed by atoms with E-state index in [0.717, 1.165) is 17.9 Å². The van der Waals surface area contributed by atoms with E-state index >= 15 is 0 Å². The van der Waals surface area contributed by atoms with Crippen LogP contribution in [0.2, 0.25) is 5.02 Å². The highest BCUT2D eigenvalue weighted by atomic mass is 35.5. The minimum Gasteiger partial charge on any atom is -0.377 e. The molecule has 0 amide bonds. The number of hydrogen-bond donors (Lipinski definition) is 0. The minimum absolute atomic E-state index is 0.828. The van der Waals surface area contributed by atoms with E-state index in [4.69, 9.17) is 11.6 Å². The van der Waals surface area contributed by atoms with E-state index in [1.165, 1.54) is 11.3 Å². The molecule has 72 valence electrons. The van der Waals surface area contributed by atoms with Crippen molar-refractivity contribution < 1.29 is 0 Å². The van der Waals surface area contributed by atoms with Gasteiger partial charge in [0.2, 0.25) is 0 Å². The van der Waals surface area contributed by atoms with Crippen molar-refractivity contribution in [2.24, 2.45) is 0 Å². The summed E-state index contributed by atoms with van der Waals surface area (Å²) in [5.41, 5.74) is 2.60. The Bertz CT molecular complexity index is 281. The Balaban J connectivity index is 3.03. The van der Waals surface area contributed by atoms with Crippen molar-refractivity contribution in [2.45, 2.75) is 19.8 Å². The van der Waals surface area contributed by atoms with E-state index in [1.807, 2.05) is 6.07 Å². The molecule has 0 bridgehead atoms. The summed E-state index contributed by atoms with van der Waals surface area (Å²) in [6, 6.07) is 6.07. The second kappa shape index (κ2) is 4.52. The third-order valence-corrected chi connectivity index (χ3v) is 2.28. The van der Waals surface area contributed by atoms with Gasteiger partial charge in [0.25, 0.3) is 0 Å². The standard InChI is InChI=1S/C11H16ClN/c1-4-5-9-8-10(12)6-7-11(9)13(2)3/h6-8H,4-5H2,1-3H3. The maximum Gasteiger partial charge on any atom is 0.0410 e. The molecule has 2 heteroatoms. The van der Waals surface area contributed by atoms with Crippen LogP contribution in [0.5, 0.6) is 0 Å². The number of hydrogen-bond acceptors (Lipinski definition) is 1. The van der Waals surface area contributed by atoms with Gasteiger partial charge in [-0.2, -0.15) is 0 Å². The first-order valence-electron chi connectivity index (χ1n) is 4.61. The monoisotopic (exact) mass is 197 g/mol. The molecule has 0 aliphatic carbocycles. The average Bonchev–Trinajstić information content (AvgIpc) is 2.04. The second-order valence-corrected chi connectivity index (χ2v) is 3.85. The van der Waals surface area contributed by atoms with Gasteiger partial charge < -0.3 is 4.90 Å². The molecule has 0 unspecified atom stereocenters. The molecule has 0 saturated heterocycles. The third-order valence-electron chi connectivity index (χ3n) is 2.04. The van der Waals surface area contributed by atoms with Crippen LogP contribution in [0.15, 0.2) is 18.2 Å². The first-order chi connectivity index (χ1) is 6.15.